The van der Waals surface area contributed by atoms with Crippen LogP contribution in [-0.4, -0.2) is 11.0 Å². The number of ether oxygens (including phenoxy) is 1. The molecule has 1 atom stereocenters. The number of aromatic nitrogens is 1. The minimum absolute atomic E-state index is 0.175. The molecule has 0 radical (unpaired) electrons. The summed E-state index contributed by atoms with van der Waals surface area (Å²) in [5, 5.41) is 0. The lowest BCUT2D eigenvalue weighted by molar-refractivity contribution is 0.273. The van der Waals surface area contributed by atoms with Crippen LogP contribution in [0.15, 0.2) is 30.6 Å². The first-order chi connectivity index (χ1) is 9.95. The van der Waals surface area contributed by atoms with E-state index in [9.17, 15) is 13.2 Å². The van der Waals surface area contributed by atoms with Gasteiger partial charge in [-0.15, -0.1) is 0 Å². The molecule has 0 saturated carbocycles. The number of hydrogen-bond donors (Lipinski definition) is 1. The number of benzene rings is 1. The molecule has 0 aliphatic heterocycles. The van der Waals surface area contributed by atoms with Gasteiger partial charge in [0.25, 0.3) is 0 Å². The standard InChI is InChI=1S/C15H15F3N2O/c1-9(19)2-10-4-13(17)15(14(18)5-10)21-8-11-3-12(16)7-20-6-11/h3-7,9H,2,8,19H2,1H3. The zero-order chi connectivity index (χ0) is 15.4. The van der Waals surface area contributed by atoms with Gasteiger partial charge in [0.15, 0.2) is 17.4 Å². The van der Waals surface area contributed by atoms with Crippen LogP contribution in [0.1, 0.15) is 18.1 Å². The third-order valence-electron chi connectivity index (χ3n) is 2.76. The van der Waals surface area contributed by atoms with E-state index in [-0.39, 0.29) is 12.6 Å². The van der Waals surface area contributed by atoms with Gasteiger partial charge in [-0.3, -0.25) is 4.98 Å². The predicted octanol–water partition coefficient (Wildman–Crippen LogP) is 2.97. The summed E-state index contributed by atoms with van der Waals surface area (Å²) in [4.78, 5) is 3.63. The van der Waals surface area contributed by atoms with Gasteiger partial charge >= 0.3 is 0 Å². The predicted molar refractivity (Wildman–Crippen MR) is 72.2 cm³/mol. The fourth-order valence-electron chi connectivity index (χ4n) is 1.93. The van der Waals surface area contributed by atoms with E-state index in [1.54, 1.807) is 6.92 Å². The van der Waals surface area contributed by atoms with Crippen molar-refractivity contribution in [3.63, 3.8) is 0 Å². The van der Waals surface area contributed by atoms with E-state index in [0.29, 0.717) is 17.5 Å². The molecule has 0 bridgehead atoms. The quantitative estimate of drug-likeness (QED) is 0.922. The first-order valence-corrected chi connectivity index (χ1v) is 6.41. The van der Waals surface area contributed by atoms with Gasteiger partial charge < -0.3 is 10.5 Å². The third-order valence-corrected chi connectivity index (χ3v) is 2.76. The van der Waals surface area contributed by atoms with Gasteiger partial charge in [0.05, 0.1) is 6.20 Å². The number of halogens is 3. The number of pyridine rings is 1. The van der Waals surface area contributed by atoms with Gasteiger partial charge in [-0.25, -0.2) is 13.2 Å². The molecule has 1 heterocycles. The lowest BCUT2D eigenvalue weighted by atomic mass is 10.1. The smallest absolute Gasteiger partial charge is 0.191 e. The molecule has 2 N–H and O–H groups in total. The highest BCUT2D eigenvalue weighted by atomic mass is 19.1. The molecule has 0 aliphatic rings. The first-order valence-electron chi connectivity index (χ1n) is 6.41. The van der Waals surface area contributed by atoms with Crippen molar-refractivity contribution in [3.8, 4) is 5.75 Å². The van der Waals surface area contributed by atoms with Gasteiger partial charge in [-0.2, -0.15) is 0 Å². The SMILES string of the molecule is CC(N)Cc1cc(F)c(OCc2cncc(F)c2)c(F)c1. The molecule has 0 amide bonds. The van der Waals surface area contributed by atoms with Crippen molar-refractivity contribution in [2.75, 3.05) is 0 Å². The molecular formula is C15H15F3N2O. The van der Waals surface area contributed by atoms with Crippen LogP contribution in [0.25, 0.3) is 0 Å². The summed E-state index contributed by atoms with van der Waals surface area (Å²) >= 11 is 0. The van der Waals surface area contributed by atoms with Gasteiger partial charge in [-0.05, 0) is 37.1 Å². The Morgan fingerprint density at radius 2 is 1.76 bits per heavy atom. The van der Waals surface area contributed by atoms with E-state index >= 15 is 0 Å². The molecule has 0 spiro atoms. The van der Waals surface area contributed by atoms with E-state index in [2.05, 4.69) is 4.98 Å². The first kappa shape index (κ1) is 15.3. The van der Waals surface area contributed by atoms with Crippen LogP contribution in [0.5, 0.6) is 5.75 Å². The lowest BCUT2D eigenvalue weighted by Crippen LogP contribution is -2.18. The van der Waals surface area contributed by atoms with Crippen molar-refractivity contribution < 1.29 is 17.9 Å². The Bertz CT molecular complexity index is 609. The fourth-order valence-corrected chi connectivity index (χ4v) is 1.93. The Morgan fingerprint density at radius 1 is 1.10 bits per heavy atom. The Kier molecular flexibility index (Phi) is 4.80. The summed E-state index contributed by atoms with van der Waals surface area (Å²) in [6.45, 7) is 1.57. The molecule has 2 rings (SSSR count). The summed E-state index contributed by atoms with van der Waals surface area (Å²) in [6.07, 6.45) is 2.76. The Hall–Kier alpha value is -2.08. The summed E-state index contributed by atoms with van der Waals surface area (Å²) < 4.78 is 45.7. The molecule has 3 nitrogen and oxygen atoms in total. The molecule has 0 fully saturated rings. The molecule has 2 aromatic rings. The third kappa shape index (κ3) is 4.19. The molecule has 1 unspecified atom stereocenters. The van der Waals surface area contributed by atoms with Crippen molar-refractivity contribution in [1.29, 1.82) is 0 Å². The average molecular weight is 296 g/mol. The highest BCUT2D eigenvalue weighted by Gasteiger charge is 2.14. The van der Waals surface area contributed by atoms with Gasteiger partial charge in [0.1, 0.15) is 12.4 Å². The van der Waals surface area contributed by atoms with E-state index in [0.717, 1.165) is 6.20 Å². The molecule has 0 saturated heterocycles. The maximum Gasteiger partial charge on any atom is 0.191 e. The van der Waals surface area contributed by atoms with Crippen molar-refractivity contribution in [1.82, 2.24) is 4.98 Å². The minimum atomic E-state index is -0.810. The molecule has 1 aromatic carbocycles. The lowest BCUT2D eigenvalue weighted by Gasteiger charge is -2.11. The van der Waals surface area contributed by atoms with E-state index < -0.39 is 23.2 Å². The molecular weight excluding hydrogens is 281 g/mol. The molecule has 21 heavy (non-hydrogen) atoms. The normalized spacial score (nSPS) is 12.2. The Morgan fingerprint density at radius 3 is 2.33 bits per heavy atom. The van der Waals surface area contributed by atoms with Gasteiger partial charge in [0, 0.05) is 17.8 Å². The van der Waals surface area contributed by atoms with Crippen molar-refractivity contribution in [2.45, 2.75) is 26.0 Å². The summed E-state index contributed by atoms with van der Waals surface area (Å²) in [6, 6.07) is 3.36. The highest BCUT2D eigenvalue weighted by molar-refractivity contribution is 5.32. The van der Waals surface area contributed by atoms with Crippen LogP contribution < -0.4 is 10.5 Å². The maximum absolute atomic E-state index is 13.8. The Balaban J connectivity index is 2.13. The topological polar surface area (TPSA) is 48.1 Å². The summed E-state index contributed by atoms with van der Waals surface area (Å²) in [5.74, 6) is -2.65. The summed E-state index contributed by atoms with van der Waals surface area (Å²) in [5.41, 5.74) is 6.43. The van der Waals surface area contributed by atoms with Crippen LogP contribution in [0, 0.1) is 17.5 Å². The van der Waals surface area contributed by atoms with Gasteiger partial charge in [-0.1, -0.05) is 0 Å². The second kappa shape index (κ2) is 6.58. The second-order valence-corrected chi connectivity index (χ2v) is 4.87. The van der Waals surface area contributed by atoms with Crippen LogP contribution in [0.2, 0.25) is 0 Å². The number of nitrogens with zero attached hydrogens (tertiary/aromatic N) is 1. The zero-order valence-electron chi connectivity index (χ0n) is 11.4. The number of hydrogen-bond acceptors (Lipinski definition) is 3. The second-order valence-electron chi connectivity index (χ2n) is 4.87. The molecule has 112 valence electrons. The van der Waals surface area contributed by atoms with E-state index in [1.165, 1.54) is 24.4 Å². The molecule has 0 aliphatic carbocycles. The van der Waals surface area contributed by atoms with Crippen LogP contribution in [-0.2, 0) is 13.0 Å². The monoisotopic (exact) mass is 296 g/mol. The van der Waals surface area contributed by atoms with Gasteiger partial charge in [0.2, 0.25) is 0 Å². The molecule has 6 heteroatoms. The van der Waals surface area contributed by atoms with Crippen molar-refractivity contribution in [3.05, 3.63) is 59.2 Å². The highest BCUT2D eigenvalue weighted by Crippen LogP contribution is 2.24. The van der Waals surface area contributed by atoms with Crippen LogP contribution in [0.3, 0.4) is 0 Å². The average Bonchev–Trinajstić information content (AvgIpc) is 2.37. The van der Waals surface area contributed by atoms with Crippen molar-refractivity contribution >= 4 is 0 Å². The summed E-state index contributed by atoms with van der Waals surface area (Å²) in [7, 11) is 0. The van der Waals surface area contributed by atoms with E-state index in [1.807, 2.05) is 0 Å². The van der Waals surface area contributed by atoms with Crippen LogP contribution in [0.4, 0.5) is 13.2 Å². The van der Waals surface area contributed by atoms with Crippen LogP contribution >= 0.6 is 0 Å². The zero-order valence-corrected chi connectivity index (χ0v) is 11.4. The van der Waals surface area contributed by atoms with Crippen molar-refractivity contribution in [2.24, 2.45) is 5.73 Å². The van der Waals surface area contributed by atoms with E-state index in [4.69, 9.17) is 10.5 Å². The minimum Gasteiger partial charge on any atom is -0.483 e. The number of nitrogens with two attached hydrogens (primary N) is 1. The fraction of sp³-hybridized carbons (Fsp3) is 0.267. The molecule has 1 aromatic heterocycles. The largest absolute Gasteiger partial charge is 0.483 e. The Labute approximate surface area is 120 Å². The number of rotatable bonds is 5. The maximum atomic E-state index is 13.8.